The SMILES string of the molecule is CC(C(=O)O)N(C=O)C1CCOC2CCCCC21. The first kappa shape index (κ1) is 13.3. The summed E-state index contributed by atoms with van der Waals surface area (Å²) in [7, 11) is 0. The minimum absolute atomic E-state index is 0.0210. The zero-order valence-electron chi connectivity index (χ0n) is 10.7. The molecule has 0 aromatic carbocycles. The highest BCUT2D eigenvalue weighted by molar-refractivity contribution is 5.75. The van der Waals surface area contributed by atoms with Crippen molar-refractivity contribution in [1.29, 1.82) is 0 Å². The van der Waals surface area contributed by atoms with Gasteiger partial charge in [-0.05, 0) is 26.2 Å². The van der Waals surface area contributed by atoms with Crippen molar-refractivity contribution in [2.24, 2.45) is 5.92 Å². The summed E-state index contributed by atoms with van der Waals surface area (Å²) in [6, 6.07) is -0.735. The molecule has 1 saturated carbocycles. The Bertz CT molecular complexity index is 318. The molecule has 4 atom stereocenters. The molecule has 5 nitrogen and oxygen atoms in total. The van der Waals surface area contributed by atoms with Crippen LogP contribution in [0.15, 0.2) is 0 Å². The lowest BCUT2D eigenvalue weighted by Crippen LogP contribution is -2.54. The van der Waals surface area contributed by atoms with Gasteiger partial charge in [-0.15, -0.1) is 0 Å². The van der Waals surface area contributed by atoms with Gasteiger partial charge in [-0.3, -0.25) is 4.79 Å². The fourth-order valence-corrected chi connectivity index (χ4v) is 3.28. The van der Waals surface area contributed by atoms with Crippen LogP contribution in [0.1, 0.15) is 39.0 Å². The van der Waals surface area contributed by atoms with Gasteiger partial charge in [0.15, 0.2) is 0 Å². The number of carboxylic acid groups (broad SMARTS) is 1. The second kappa shape index (κ2) is 5.69. The van der Waals surface area contributed by atoms with E-state index in [-0.39, 0.29) is 12.1 Å². The number of hydrogen-bond donors (Lipinski definition) is 1. The maximum atomic E-state index is 11.2. The van der Waals surface area contributed by atoms with Crippen molar-refractivity contribution in [2.75, 3.05) is 6.61 Å². The maximum Gasteiger partial charge on any atom is 0.326 e. The summed E-state index contributed by atoms with van der Waals surface area (Å²) >= 11 is 0. The summed E-state index contributed by atoms with van der Waals surface area (Å²) in [5.74, 6) is -0.638. The maximum absolute atomic E-state index is 11.2. The molecule has 1 saturated heterocycles. The molecule has 1 amide bonds. The number of amides is 1. The summed E-state index contributed by atoms with van der Waals surface area (Å²) in [5, 5.41) is 9.08. The number of carbonyl (C=O) groups is 2. The van der Waals surface area contributed by atoms with Crippen molar-refractivity contribution in [3.05, 3.63) is 0 Å². The van der Waals surface area contributed by atoms with Crippen LogP contribution in [0.25, 0.3) is 0 Å². The third kappa shape index (κ3) is 2.51. The van der Waals surface area contributed by atoms with E-state index in [4.69, 9.17) is 9.84 Å². The number of rotatable bonds is 4. The Kier molecular flexibility index (Phi) is 4.22. The van der Waals surface area contributed by atoms with Crippen LogP contribution >= 0.6 is 0 Å². The zero-order chi connectivity index (χ0) is 13.1. The Morgan fingerprint density at radius 2 is 2.11 bits per heavy atom. The van der Waals surface area contributed by atoms with Gasteiger partial charge in [0.1, 0.15) is 6.04 Å². The number of ether oxygens (including phenoxy) is 1. The van der Waals surface area contributed by atoms with E-state index in [0.29, 0.717) is 18.9 Å². The minimum atomic E-state index is -0.944. The number of nitrogens with zero attached hydrogens (tertiary/aromatic N) is 1. The van der Waals surface area contributed by atoms with E-state index in [9.17, 15) is 9.59 Å². The van der Waals surface area contributed by atoms with Gasteiger partial charge in [-0.1, -0.05) is 12.8 Å². The van der Waals surface area contributed by atoms with Gasteiger partial charge in [-0.25, -0.2) is 4.79 Å². The first-order valence-corrected chi connectivity index (χ1v) is 6.72. The van der Waals surface area contributed by atoms with E-state index < -0.39 is 12.0 Å². The topological polar surface area (TPSA) is 66.8 Å². The van der Waals surface area contributed by atoms with Crippen molar-refractivity contribution in [1.82, 2.24) is 4.90 Å². The number of hydrogen-bond acceptors (Lipinski definition) is 3. The molecular weight excluding hydrogens is 234 g/mol. The Labute approximate surface area is 107 Å². The largest absolute Gasteiger partial charge is 0.480 e. The third-order valence-electron chi connectivity index (χ3n) is 4.30. The van der Waals surface area contributed by atoms with Crippen molar-refractivity contribution in [3.8, 4) is 0 Å². The summed E-state index contributed by atoms with van der Waals surface area (Å²) in [4.78, 5) is 23.8. The molecule has 102 valence electrons. The van der Waals surface area contributed by atoms with E-state index in [2.05, 4.69) is 0 Å². The second-order valence-corrected chi connectivity index (χ2v) is 5.28. The summed E-state index contributed by atoms with van der Waals surface area (Å²) < 4.78 is 5.76. The van der Waals surface area contributed by atoms with Crippen LogP contribution in [-0.4, -0.2) is 47.2 Å². The monoisotopic (exact) mass is 255 g/mol. The first-order valence-electron chi connectivity index (χ1n) is 6.72. The second-order valence-electron chi connectivity index (χ2n) is 5.28. The van der Waals surface area contributed by atoms with E-state index in [0.717, 1.165) is 25.7 Å². The first-order chi connectivity index (χ1) is 8.65. The Morgan fingerprint density at radius 3 is 2.78 bits per heavy atom. The zero-order valence-corrected chi connectivity index (χ0v) is 10.7. The van der Waals surface area contributed by atoms with Crippen LogP contribution in [0.2, 0.25) is 0 Å². The van der Waals surface area contributed by atoms with Crippen molar-refractivity contribution < 1.29 is 19.4 Å². The number of aliphatic carboxylic acids is 1. The van der Waals surface area contributed by atoms with Gasteiger partial charge in [-0.2, -0.15) is 0 Å². The molecule has 0 radical (unpaired) electrons. The van der Waals surface area contributed by atoms with Crippen molar-refractivity contribution >= 4 is 12.4 Å². The van der Waals surface area contributed by atoms with Crippen molar-refractivity contribution in [2.45, 2.75) is 57.2 Å². The van der Waals surface area contributed by atoms with Crippen molar-refractivity contribution in [3.63, 3.8) is 0 Å². The molecule has 5 heteroatoms. The molecule has 0 aromatic rings. The molecular formula is C13H21NO4. The average Bonchev–Trinajstić information content (AvgIpc) is 2.39. The Morgan fingerprint density at radius 1 is 1.39 bits per heavy atom. The highest BCUT2D eigenvalue weighted by Gasteiger charge is 2.40. The van der Waals surface area contributed by atoms with E-state index in [1.807, 2.05) is 0 Å². The fraction of sp³-hybridized carbons (Fsp3) is 0.846. The van der Waals surface area contributed by atoms with Gasteiger partial charge < -0.3 is 14.7 Å². The fourth-order valence-electron chi connectivity index (χ4n) is 3.28. The molecule has 4 unspecified atom stereocenters. The van der Waals surface area contributed by atoms with Crippen LogP contribution in [0, 0.1) is 5.92 Å². The van der Waals surface area contributed by atoms with Gasteiger partial charge >= 0.3 is 5.97 Å². The van der Waals surface area contributed by atoms with E-state index in [1.54, 1.807) is 6.92 Å². The number of fused-ring (bicyclic) bond motifs is 1. The normalized spacial score (nSPS) is 33.3. The van der Waals surface area contributed by atoms with E-state index >= 15 is 0 Å². The number of carboxylic acids is 1. The van der Waals surface area contributed by atoms with Crippen LogP contribution in [-0.2, 0) is 14.3 Å². The molecule has 18 heavy (non-hydrogen) atoms. The van der Waals surface area contributed by atoms with E-state index in [1.165, 1.54) is 11.3 Å². The van der Waals surface area contributed by atoms with Crippen LogP contribution in [0.3, 0.4) is 0 Å². The highest BCUT2D eigenvalue weighted by Crippen LogP contribution is 2.36. The molecule has 1 aliphatic carbocycles. The summed E-state index contributed by atoms with van der Waals surface area (Å²) in [6.07, 6.45) is 6.04. The molecule has 2 aliphatic rings. The van der Waals surface area contributed by atoms with Crippen LogP contribution in [0.5, 0.6) is 0 Å². The Balaban J connectivity index is 2.13. The predicted octanol–water partition coefficient (Wildman–Crippen LogP) is 1.27. The molecule has 0 bridgehead atoms. The molecule has 1 N–H and O–H groups in total. The summed E-state index contributed by atoms with van der Waals surface area (Å²) in [5.41, 5.74) is 0. The lowest BCUT2D eigenvalue weighted by Gasteiger charge is -2.45. The lowest BCUT2D eigenvalue weighted by atomic mass is 9.78. The average molecular weight is 255 g/mol. The minimum Gasteiger partial charge on any atom is -0.480 e. The van der Waals surface area contributed by atoms with Gasteiger partial charge in [0.25, 0.3) is 0 Å². The molecule has 2 rings (SSSR count). The molecule has 2 fully saturated rings. The molecule has 0 spiro atoms. The molecule has 1 aliphatic heterocycles. The van der Waals surface area contributed by atoms with Gasteiger partial charge in [0.05, 0.1) is 6.10 Å². The standard InChI is InChI=1S/C13H21NO4/c1-9(13(16)17)14(8-15)11-6-7-18-12-5-3-2-4-10(11)12/h8-12H,2-7H2,1H3,(H,16,17). The third-order valence-corrected chi connectivity index (χ3v) is 4.30. The van der Waals surface area contributed by atoms with Crippen LogP contribution in [0.4, 0.5) is 0 Å². The Hall–Kier alpha value is -1.10. The van der Waals surface area contributed by atoms with Crippen LogP contribution < -0.4 is 0 Å². The van der Waals surface area contributed by atoms with Gasteiger partial charge in [0, 0.05) is 18.6 Å². The smallest absolute Gasteiger partial charge is 0.326 e. The highest BCUT2D eigenvalue weighted by atomic mass is 16.5. The molecule has 1 heterocycles. The van der Waals surface area contributed by atoms with Gasteiger partial charge in [0.2, 0.25) is 6.41 Å². The lowest BCUT2D eigenvalue weighted by molar-refractivity contribution is -0.153. The molecule has 0 aromatic heterocycles. The quantitative estimate of drug-likeness (QED) is 0.768. The predicted molar refractivity (Wildman–Crippen MR) is 65.1 cm³/mol. The number of carbonyl (C=O) groups excluding carboxylic acids is 1. The summed E-state index contributed by atoms with van der Waals surface area (Å²) in [6.45, 7) is 2.20.